The molecule has 1 atom stereocenters. The third-order valence-electron chi connectivity index (χ3n) is 1.55. The van der Waals surface area contributed by atoms with Crippen molar-refractivity contribution in [2.75, 3.05) is 0 Å². The lowest BCUT2D eigenvalue weighted by atomic mass is 9.86. The highest BCUT2D eigenvalue weighted by molar-refractivity contribution is 7.39. The second-order valence-corrected chi connectivity index (χ2v) is 6.89. The van der Waals surface area contributed by atoms with E-state index in [0.717, 1.165) is 6.42 Å². The summed E-state index contributed by atoms with van der Waals surface area (Å²) in [6.07, 6.45) is 0.786. The molecule has 0 fully saturated rings. The third kappa shape index (κ3) is 4.60. The minimum atomic E-state index is -2.39. The summed E-state index contributed by atoms with van der Waals surface area (Å²) in [6.45, 7) is 9.94. The molecule has 3 heteroatoms. The summed E-state index contributed by atoms with van der Waals surface area (Å²) < 4.78 is 10.9. The highest BCUT2D eigenvalue weighted by Crippen LogP contribution is 2.42. The summed E-state index contributed by atoms with van der Waals surface area (Å²) >= 11 is 0. The van der Waals surface area contributed by atoms with Crippen LogP contribution in [0.5, 0.6) is 0 Å². The van der Waals surface area contributed by atoms with Crippen LogP contribution in [0, 0.1) is 5.41 Å². The predicted octanol–water partition coefficient (Wildman–Crippen LogP) is 2.67. The van der Waals surface area contributed by atoms with Crippen LogP contribution in [0.4, 0.5) is 0 Å². The van der Waals surface area contributed by atoms with Gasteiger partial charge in [0.25, 0.3) is 0 Å². The van der Waals surface area contributed by atoms with E-state index in [9.17, 15) is 4.57 Å². The zero-order valence-electron chi connectivity index (χ0n) is 8.06. The van der Waals surface area contributed by atoms with Crippen molar-refractivity contribution in [1.82, 2.24) is 0 Å². The number of hydrogen-bond acceptors (Lipinski definition) is 1. The van der Waals surface area contributed by atoms with Gasteiger partial charge in [0.05, 0.1) is 0 Å². The minimum Gasteiger partial charge on any atom is -0.346 e. The van der Waals surface area contributed by atoms with Crippen molar-refractivity contribution in [3.05, 3.63) is 0 Å². The van der Waals surface area contributed by atoms with Crippen molar-refractivity contribution >= 4 is 8.03 Å². The first kappa shape index (κ1) is 11.2. The second-order valence-electron chi connectivity index (χ2n) is 4.93. The standard InChI is InChI=1S/C8H19O2P/c1-7(2,3)6-8(4,5)11(9)10/h11H,6H2,1-5H3,(H,9,10). The number of rotatable bonds is 2. The van der Waals surface area contributed by atoms with Gasteiger partial charge in [-0.2, -0.15) is 0 Å². The molecule has 0 bridgehead atoms. The van der Waals surface area contributed by atoms with Crippen molar-refractivity contribution in [1.29, 1.82) is 0 Å². The van der Waals surface area contributed by atoms with Gasteiger partial charge in [-0.3, -0.25) is 4.57 Å². The van der Waals surface area contributed by atoms with Gasteiger partial charge in [0, 0.05) is 5.16 Å². The first-order valence-electron chi connectivity index (χ1n) is 3.88. The summed E-state index contributed by atoms with van der Waals surface area (Å²) in [5.74, 6) is 0. The monoisotopic (exact) mass is 178 g/mol. The summed E-state index contributed by atoms with van der Waals surface area (Å²) in [6, 6.07) is 0. The Morgan fingerprint density at radius 3 is 1.64 bits per heavy atom. The molecule has 68 valence electrons. The smallest absolute Gasteiger partial charge is 0.194 e. The molecular formula is C8H19O2P. The van der Waals surface area contributed by atoms with Crippen LogP contribution in [0.15, 0.2) is 0 Å². The zero-order chi connectivity index (χ0) is 9.28. The average Bonchev–Trinajstić information content (AvgIpc) is 1.56. The molecule has 0 aliphatic rings. The largest absolute Gasteiger partial charge is 0.346 e. The van der Waals surface area contributed by atoms with Crippen LogP contribution >= 0.6 is 8.03 Å². The SMILES string of the molecule is CC(C)(C)CC(C)(C)[PH](=O)O. The van der Waals surface area contributed by atoms with Crippen LogP contribution in [-0.4, -0.2) is 10.0 Å². The van der Waals surface area contributed by atoms with E-state index in [1.807, 2.05) is 13.8 Å². The first-order chi connectivity index (χ1) is 4.65. The van der Waals surface area contributed by atoms with Gasteiger partial charge in [-0.1, -0.05) is 34.6 Å². The highest BCUT2D eigenvalue weighted by atomic mass is 31.1. The molecule has 0 aromatic carbocycles. The Balaban J connectivity index is 4.25. The predicted molar refractivity (Wildman–Crippen MR) is 49.4 cm³/mol. The van der Waals surface area contributed by atoms with Gasteiger partial charge in [-0.05, 0) is 11.8 Å². The normalized spacial score (nSPS) is 16.5. The Labute approximate surface area is 69.9 Å². The van der Waals surface area contributed by atoms with Gasteiger partial charge in [0.1, 0.15) is 0 Å². The molecule has 0 spiro atoms. The van der Waals surface area contributed by atoms with Crippen LogP contribution in [0.3, 0.4) is 0 Å². The molecule has 0 radical (unpaired) electrons. The molecule has 0 aromatic rings. The van der Waals surface area contributed by atoms with Gasteiger partial charge < -0.3 is 4.89 Å². The van der Waals surface area contributed by atoms with Crippen LogP contribution in [0.1, 0.15) is 41.0 Å². The quantitative estimate of drug-likeness (QED) is 0.660. The molecule has 0 aliphatic heterocycles. The Morgan fingerprint density at radius 2 is 1.55 bits per heavy atom. The van der Waals surface area contributed by atoms with Gasteiger partial charge in [-0.25, -0.2) is 0 Å². The van der Waals surface area contributed by atoms with Gasteiger partial charge in [0.2, 0.25) is 0 Å². The van der Waals surface area contributed by atoms with E-state index in [1.54, 1.807) is 0 Å². The van der Waals surface area contributed by atoms with Crippen molar-refractivity contribution in [3.8, 4) is 0 Å². The van der Waals surface area contributed by atoms with Crippen molar-refractivity contribution in [2.45, 2.75) is 46.2 Å². The molecule has 0 aliphatic carbocycles. The van der Waals surface area contributed by atoms with E-state index in [4.69, 9.17) is 4.89 Å². The molecule has 1 unspecified atom stereocenters. The van der Waals surface area contributed by atoms with E-state index >= 15 is 0 Å². The molecule has 0 rings (SSSR count). The summed E-state index contributed by atoms with van der Waals surface area (Å²) in [5.41, 5.74) is 0.132. The van der Waals surface area contributed by atoms with Crippen LogP contribution < -0.4 is 0 Å². The van der Waals surface area contributed by atoms with Crippen molar-refractivity contribution in [3.63, 3.8) is 0 Å². The second kappa shape index (κ2) is 3.28. The van der Waals surface area contributed by atoms with Gasteiger partial charge >= 0.3 is 0 Å². The van der Waals surface area contributed by atoms with Crippen LogP contribution in [-0.2, 0) is 4.57 Å². The Morgan fingerprint density at radius 1 is 1.18 bits per heavy atom. The van der Waals surface area contributed by atoms with Gasteiger partial charge in [-0.15, -0.1) is 0 Å². The van der Waals surface area contributed by atoms with E-state index in [2.05, 4.69) is 20.8 Å². The fourth-order valence-corrected chi connectivity index (χ4v) is 2.08. The van der Waals surface area contributed by atoms with Crippen LogP contribution in [0.25, 0.3) is 0 Å². The van der Waals surface area contributed by atoms with E-state index in [0.29, 0.717) is 0 Å². The number of hydrogen-bond donors (Lipinski definition) is 1. The molecule has 11 heavy (non-hydrogen) atoms. The topological polar surface area (TPSA) is 37.3 Å². The molecule has 0 heterocycles. The third-order valence-corrected chi connectivity index (χ3v) is 2.89. The fourth-order valence-electron chi connectivity index (χ4n) is 1.40. The summed E-state index contributed by atoms with van der Waals surface area (Å²) in [5, 5.41) is -0.414. The maximum atomic E-state index is 10.9. The van der Waals surface area contributed by atoms with Crippen molar-refractivity contribution in [2.24, 2.45) is 5.41 Å². The van der Waals surface area contributed by atoms with Crippen molar-refractivity contribution < 1.29 is 9.46 Å². The Bertz CT molecular complexity index is 156. The lowest BCUT2D eigenvalue weighted by molar-refractivity contribution is 0.319. The lowest BCUT2D eigenvalue weighted by Crippen LogP contribution is -2.23. The fraction of sp³-hybridized carbons (Fsp3) is 1.00. The maximum Gasteiger partial charge on any atom is 0.194 e. The molecule has 1 N–H and O–H groups in total. The van der Waals surface area contributed by atoms with E-state index < -0.39 is 13.2 Å². The first-order valence-corrected chi connectivity index (χ1v) is 5.24. The molecule has 2 nitrogen and oxygen atoms in total. The molecule has 0 amide bonds. The zero-order valence-corrected chi connectivity index (χ0v) is 9.06. The molecule has 0 saturated carbocycles. The molecule has 0 aromatic heterocycles. The molecular weight excluding hydrogens is 159 g/mol. The minimum absolute atomic E-state index is 0.132. The lowest BCUT2D eigenvalue weighted by Gasteiger charge is -2.29. The van der Waals surface area contributed by atoms with E-state index in [1.165, 1.54) is 0 Å². The average molecular weight is 178 g/mol. The van der Waals surface area contributed by atoms with Gasteiger partial charge in [0.15, 0.2) is 8.03 Å². The Hall–Kier alpha value is 0.190. The maximum absolute atomic E-state index is 10.9. The molecule has 0 saturated heterocycles. The summed E-state index contributed by atoms with van der Waals surface area (Å²) in [4.78, 5) is 8.99. The highest BCUT2D eigenvalue weighted by Gasteiger charge is 2.29. The Kier molecular flexibility index (Phi) is 3.34. The summed E-state index contributed by atoms with van der Waals surface area (Å²) in [7, 11) is -2.39. The van der Waals surface area contributed by atoms with Crippen LogP contribution in [0.2, 0.25) is 0 Å². The van der Waals surface area contributed by atoms with E-state index in [-0.39, 0.29) is 5.41 Å².